The Morgan fingerprint density at radius 2 is 1.74 bits per heavy atom. The highest BCUT2D eigenvalue weighted by atomic mass is 32.1. The van der Waals surface area contributed by atoms with Crippen molar-refractivity contribution in [2.75, 3.05) is 14.2 Å². The molecule has 96 valence electrons. The van der Waals surface area contributed by atoms with Crippen LogP contribution in [0.25, 0.3) is 20.8 Å². The molecular weight excluding hydrogens is 258 g/mol. The maximum absolute atomic E-state index is 5.42. The first-order chi connectivity index (χ1) is 9.33. The Bertz CT molecular complexity index is 707. The molecule has 19 heavy (non-hydrogen) atoms. The molecule has 2 aromatic carbocycles. The summed E-state index contributed by atoms with van der Waals surface area (Å²) >= 11 is 1.65. The van der Waals surface area contributed by atoms with E-state index in [0.29, 0.717) is 11.5 Å². The van der Waals surface area contributed by atoms with Crippen LogP contribution in [0.5, 0.6) is 11.5 Å². The summed E-state index contributed by atoms with van der Waals surface area (Å²) in [4.78, 5) is 4.68. The van der Waals surface area contributed by atoms with Gasteiger partial charge in [0.05, 0.1) is 18.9 Å². The van der Waals surface area contributed by atoms with E-state index in [0.717, 1.165) is 20.8 Å². The van der Waals surface area contributed by atoms with Crippen LogP contribution in [0.4, 0.5) is 0 Å². The van der Waals surface area contributed by atoms with Gasteiger partial charge < -0.3 is 9.47 Å². The Labute approximate surface area is 115 Å². The lowest BCUT2D eigenvalue weighted by Crippen LogP contribution is -1.90. The van der Waals surface area contributed by atoms with Crippen LogP contribution in [0.3, 0.4) is 0 Å². The van der Waals surface area contributed by atoms with Crippen molar-refractivity contribution in [3.05, 3.63) is 42.5 Å². The van der Waals surface area contributed by atoms with Crippen LogP contribution in [0.1, 0.15) is 0 Å². The zero-order valence-corrected chi connectivity index (χ0v) is 11.5. The summed E-state index contributed by atoms with van der Waals surface area (Å²) < 4.78 is 11.8. The molecule has 0 amide bonds. The zero-order valence-electron chi connectivity index (χ0n) is 10.7. The van der Waals surface area contributed by atoms with Crippen LogP contribution in [0, 0.1) is 0 Å². The van der Waals surface area contributed by atoms with E-state index in [2.05, 4.69) is 17.1 Å². The molecule has 0 radical (unpaired) electrons. The number of benzene rings is 2. The highest BCUT2D eigenvalue weighted by Crippen LogP contribution is 2.39. The zero-order chi connectivity index (χ0) is 13.2. The molecule has 3 nitrogen and oxygen atoms in total. The van der Waals surface area contributed by atoms with Gasteiger partial charge in [0.2, 0.25) is 0 Å². The van der Waals surface area contributed by atoms with E-state index in [1.54, 1.807) is 25.6 Å². The fourth-order valence-corrected chi connectivity index (χ4v) is 2.98. The largest absolute Gasteiger partial charge is 0.493 e. The van der Waals surface area contributed by atoms with E-state index < -0.39 is 0 Å². The van der Waals surface area contributed by atoms with Gasteiger partial charge in [-0.3, -0.25) is 0 Å². The Balaban J connectivity index is 2.21. The standard InChI is InChI=1S/C15H13NO2S/c1-17-11-8-9-12-13(14(11)18-2)16-15(19-12)10-6-4-3-5-7-10/h3-9H,1-2H3. The van der Waals surface area contributed by atoms with Crippen molar-refractivity contribution in [1.29, 1.82) is 0 Å². The lowest BCUT2D eigenvalue weighted by molar-refractivity contribution is 0.358. The van der Waals surface area contributed by atoms with Crippen molar-refractivity contribution in [2.45, 2.75) is 0 Å². The smallest absolute Gasteiger partial charge is 0.188 e. The minimum absolute atomic E-state index is 0.693. The van der Waals surface area contributed by atoms with Crippen LogP contribution in [0.2, 0.25) is 0 Å². The molecule has 0 spiro atoms. The molecule has 0 unspecified atom stereocenters. The number of rotatable bonds is 3. The Morgan fingerprint density at radius 1 is 0.947 bits per heavy atom. The van der Waals surface area contributed by atoms with E-state index in [1.165, 1.54) is 0 Å². The number of thiazole rings is 1. The Hall–Kier alpha value is -2.07. The molecule has 0 aliphatic carbocycles. The molecule has 3 rings (SSSR count). The molecule has 0 saturated carbocycles. The molecule has 0 saturated heterocycles. The predicted molar refractivity (Wildman–Crippen MR) is 78.2 cm³/mol. The van der Waals surface area contributed by atoms with E-state index in [-0.39, 0.29) is 0 Å². The van der Waals surface area contributed by atoms with Crippen molar-refractivity contribution >= 4 is 21.6 Å². The van der Waals surface area contributed by atoms with Crippen LogP contribution >= 0.6 is 11.3 Å². The highest BCUT2D eigenvalue weighted by Gasteiger charge is 2.14. The summed E-state index contributed by atoms with van der Waals surface area (Å²) in [6.07, 6.45) is 0. The van der Waals surface area contributed by atoms with Crippen LogP contribution in [-0.4, -0.2) is 19.2 Å². The number of methoxy groups -OCH3 is 2. The van der Waals surface area contributed by atoms with Crippen molar-refractivity contribution in [3.63, 3.8) is 0 Å². The molecular formula is C15H13NO2S. The summed E-state index contributed by atoms with van der Waals surface area (Å²) in [5.74, 6) is 1.40. The first kappa shape index (κ1) is 12.0. The predicted octanol–water partition coefficient (Wildman–Crippen LogP) is 3.98. The third-order valence-electron chi connectivity index (χ3n) is 2.92. The maximum Gasteiger partial charge on any atom is 0.188 e. The van der Waals surface area contributed by atoms with Crippen LogP contribution in [0.15, 0.2) is 42.5 Å². The molecule has 0 atom stereocenters. The molecule has 4 heteroatoms. The van der Waals surface area contributed by atoms with E-state index >= 15 is 0 Å². The van der Waals surface area contributed by atoms with Crippen LogP contribution in [-0.2, 0) is 0 Å². The van der Waals surface area contributed by atoms with Gasteiger partial charge in [0.1, 0.15) is 10.5 Å². The lowest BCUT2D eigenvalue weighted by Gasteiger charge is -2.06. The number of nitrogens with zero attached hydrogens (tertiary/aromatic N) is 1. The second-order valence-corrected chi connectivity index (χ2v) is 5.06. The summed E-state index contributed by atoms with van der Waals surface area (Å²) in [5.41, 5.74) is 1.97. The lowest BCUT2D eigenvalue weighted by atomic mass is 10.2. The van der Waals surface area contributed by atoms with Gasteiger partial charge in [-0.1, -0.05) is 30.3 Å². The Kier molecular flexibility index (Phi) is 3.09. The van der Waals surface area contributed by atoms with Crippen molar-refractivity contribution < 1.29 is 9.47 Å². The monoisotopic (exact) mass is 271 g/mol. The fraction of sp³-hybridized carbons (Fsp3) is 0.133. The van der Waals surface area contributed by atoms with Gasteiger partial charge in [0.15, 0.2) is 11.5 Å². The topological polar surface area (TPSA) is 31.4 Å². The van der Waals surface area contributed by atoms with E-state index in [4.69, 9.17) is 9.47 Å². The van der Waals surface area contributed by atoms with Crippen molar-refractivity contribution in [3.8, 4) is 22.1 Å². The van der Waals surface area contributed by atoms with Crippen molar-refractivity contribution in [2.24, 2.45) is 0 Å². The molecule has 0 aliphatic rings. The van der Waals surface area contributed by atoms with E-state index in [9.17, 15) is 0 Å². The van der Waals surface area contributed by atoms with Crippen molar-refractivity contribution in [1.82, 2.24) is 4.98 Å². The van der Waals surface area contributed by atoms with Gasteiger partial charge in [0, 0.05) is 5.56 Å². The third kappa shape index (κ3) is 2.04. The molecule has 1 aromatic heterocycles. The number of hydrogen-bond donors (Lipinski definition) is 0. The summed E-state index contributed by atoms with van der Waals surface area (Å²) in [7, 11) is 3.27. The number of ether oxygens (including phenoxy) is 2. The normalized spacial score (nSPS) is 10.6. The van der Waals surface area contributed by atoms with Gasteiger partial charge >= 0.3 is 0 Å². The highest BCUT2D eigenvalue weighted by molar-refractivity contribution is 7.21. The summed E-state index contributed by atoms with van der Waals surface area (Å²) in [5, 5.41) is 0.988. The summed E-state index contributed by atoms with van der Waals surface area (Å²) in [6, 6.07) is 14.1. The van der Waals surface area contributed by atoms with Gasteiger partial charge in [-0.25, -0.2) is 4.98 Å². The average Bonchev–Trinajstić information content (AvgIpc) is 2.91. The van der Waals surface area contributed by atoms with Crippen LogP contribution < -0.4 is 9.47 Å². The maximum atomic E-state index is 5.42. The number of fused-ring (bicyclic) bond motifs is 1. The molecule has 0 fully saturated rings. The van der Waals surface area contributed by atoms with Gasteiger partial charge in [0.25, 0.3) is 0 Å². The van der Waals surface area contributed by atoms with E-state index in [1.807, 2.05) is 30.3 Å². The van der Waals surface area contributed by atoms with Gasteiger partial charge in [-0.2, -0.15) is 0 Å². The average molecular weight is 271 g/mol. The fourth-order valence-electron chi connectivity index (χ4n) is 2.01. The van der Waals surface area contributed by atoms with Gasteiger partial charge in [-0.15, -0.1) is 11.3 Å². The molecule has 0 N–H and O–H groups in total. The molecule has 1 heterocycles. The SMILES string of the molecule is COc1ccc2sc(-c3ccccc3)nc2c1OC. The Morgan fingerprint density at radius 3 is 2.42 bits per heavy atom. The first-order valence-electron chi connectivity index (χ1n) is 5.90. The minimum Gasteiger partial charge on any atom is -0.493 e. The second-order valence-electron chi connectivity index (χ2n) is 4.03. The number of aromatic nitrogens is 1. The quantitative estimate of drug-likeness (QED) is 0.722. The number of hydrogen-bond acceptors (Lipinski definition) is 4. The second kappa shape index (κ2) is 4.90. The third-order valence-corrected chi connectivity index (χ3v) is 3.99. The molecule has 0 aliphatic heterocycles. The first-order valence-corrected chi connectivity index (χ1v) is 6.72. The molecule has 3 aromatic rings. The minimum atomic E-state index is 0.693. The van der Waals surface area contributed by atoms with Gasteiger partial charge in [-0.05, 0) is 12.1 Å². The molecule has 0 bridgehead atoms. The summed E-state index contributed by atoms with van der Waals surface area (Å²) in [6.45, 7) is 0.